The van der Waals surface area contributed by atoms with Gasteiger partial charge in [0, 0.05) is 35.7 Å². The first-order valence-electron chi connectivity index (χ1n) is 9.37. The van der Waals surface area contributed by atoms with E-state index in [1.807, 2.05) is 11.8 Å². The number of aliphatic imine (C=N–C) groups is 1. The first-order valence-corrected chi connectivity index (χ1v) is 10.2. The Morgan fingerprint density at radius 1 is 1.22 bits per heavy atom. The van der Waals surface area contributed by atoms with E-state index in [1.165, 1.54) is 17.7 Å². The summed E-state index contributed by atoms with van der Waals surface area (Å²) in [6, 6.07) is 10.6. The Kier molecular flexibility index (Phi) is 8.88. The highest BCUT2D eigenvalue weighted by molar-refractivity contribution is 14.0. The fourth-order valence-electron chi connectivity index (χ4n) is 2.77. The third-order valence-corrected chi connectivity index (χ3v) is 5.89. The minimum absolute atomic E-state index is 0. The number of rotatable bonds is 9. The van der Waals surface area contributed by atoms with E-state index in [2.05, 4.69) is 69.6 Å². The van der Waals surface area contributed by atoms with Gasteiger partial charge in [0.2, 0.25) is 0 Å². The molecule has 0 bridgehead atoms. The molecule has 0 atom stereocenters. The van der Waals surface area contributed by atoms with Crippen LogP contribution in [0.15, 0.2) is 46.5 Å². The van der Waals surface area contributed by atoms with Crippen molar-refractivity contribution in [2.75, 3.05) is 19.6 Å². The summed E-state index contributed by atoms with van der Waals surface area (Å²) in [5, 5.41) is 14.9. The van der Waals surface area contributed by atoms with Crippen molar-refractivity contribution in [2.45, 2.75) is 49.3 Å². The van der Waals surface area contributed by atoms with E-state index < -0.39 is 0 Å². The number of thioether (sulfide) groups is 1. The molecule has 1 aliphatic rings. The van der Waals surface area contributed by atoms with Crippen molar-refractivity contribution in [1.82, 2.24) is 25.4 Å². The molecule has 0 radical (unpaired) electrons. The van der Waals surface area contributed by atoms with Gasteiger partial charge in [-0.2, -0.15) is 0 Å². The molecule has 148 valence electrons. The number of nitrogens with zero attached hydrogens (tertiary/aromatic N) is 4. The zero-order valence-electron chi connectivity index (χ0n) is 16.0. The van der Waals surface area contributed by atoms with Crippen LogP contribution in [0.3, 0.4) is 0 Å². The molecule has 1 heterocycles. The van der Waals surface area contributed by atoms with E-state index in [-0.39, 0.29) is 28.7 Å². The van der Waals surface area contributed by atoms with Gasteiger partial charge in [-0.1, -0.05) is 25.1 Å². The number of hydrogen-bond donors (Lipinski definition) is 2. The predicted molar refractivity (Wildman–Crippen MR) is 123 cm³/mol. The lowest BCUT2D eigenvalue weighted by Crippen LogP contribution is -2.39. The van der Waals surface area contributed by atoms with Crippen molar-refractivity contribution >= 4 is 41.7 Å². The molecule has 3 rings (SSSR count). The largest absolute Gasteiger partial charge is 0.357 e. The normalized spacial score (nSPS) is 15.1. The number of aromatic nitrogens is 3. The molecule has 8 heteroatoms. The van der Waals surface area contributed by atoms with Gasteiger partial charge in [0.1, 0.15) is 12.2 Å². The molecule has 1 fully saturated rings. The molecule has 0 amide bonds. The van der Waals surface area contributed by atoms with Gasteiger partial charge in [-0.25, -0.2) is 0 Å². The number of hydrogen-bond acceptors (Lipinski definition) is 4. The Bertz CT molecular complexity index is 714. The van der Waals surface area contributed by atoms with Gasteiger partial charge in [-0.3, -0.25) is 4.99 Å². The van der Waals surface area contributed by atoms with Crippen molar-refractivity contribution in [1.29, 1.82) is 0 Å². The Morgan fingerprint density at radius 3 is 2.67 bits per heavy atom. The van der Waals surface area contributed by atoms with Crippen molar-refractivity contribution in [3.63, 3.8) is 0 Å². The molecule has 0 unspecified atom stereocenters. The first kappa shape index (κ1) is 22.0. The van der Waals surface area contributed by atoms with Gasteiger partial charge < -0.3 is 15.2 Å². The molecule has 0 aliphatic heterocycles. The zero-order valence-corrected chi connectivity index (χ0v) is 19.2. The van der Waals surface area contributed by atoms with Gasteiger partial charge in [-0.05, 0) is 31.9 Å². The second-order valence-corrected chi connectivity index (χ2v) is 8.06. The van der Waals surface area contributed by atoms with Crippen molar-refractivity contribution in [3.05, 3.63) is 42.5 Å². The third kappa shape index (κ3) is 6.67. The van der Waals surface area contributed by atoms with Crippen LogP contribution in [0.1, 0.15) is 32.5 Å². The van der Waals surface area contributed by atoms with E-state index in [4.69, 9.17) is 4.99 Å². The van der Waals surface area contributed by atoms with E-state index >= 15 is 0 Å². The Morgan fingerprint density at radius 2 is 2.00 bits per heavy atom. The number of halogens is 1. The smallest absolute Gasteiger partial charge is 0.191 e. The standard InChI is InChI=1S/C19H28N6S.HI/c1-3-17-24-23-15-25(17)13-12-21-18(20-4-2)22-14-19(10-11-19)26-16-8-6-5-7-9-16;/h5-9,15H,3-4,10-14H2,1-2H3,(H2,20,21,22);1H. The minimum atomic E-state index is 0. The average molecular weight is 500 g/mol. The van der Waals surface area contributed by atoms with E-state index in [0.717, 1.165) is 44.4 Å². The van der Waals surface area contributed by atoms with Crippen LogP contribution >= 0.6 is 35.7 Å². The number of nitrogens with one attached hydrogen (secondary N) is 2. The lowest BCUT2D eigenvalue weighted by Gasteiger charge is -2.15. The highest BCUT2D eigenvalue weighted by Gasteiger charge is 2.43. The molecule has 1 aromatic carbocycles. The SMILES string of the molecule is CCNC(=NCC1(Sc2ccccc2)CC1)NCCn1cnnc1CC.I. The quantitative estimate of drug-likeness (QED) is 0.314. The van der Waals surface area contributed by atoms with Gasteiger partial charge in [0.05, 0.1) is 6.54 Å². The summed E-state index contributed by atoms with van der Waals surface area (Å²) in [5.41, 5.74) is 0. The van der Waals surface area contributed by atoms with E-state index in [0.29, 0.717) is 0 Å². The monoisotopic (exact) mass is 500 g/mol. The first-order chi connectivity index (χ1) is 12.7. The maximum atomic E-state index is 4.84. The van der Waals surface area contributed by atoms with E-state index in [1.54, 1.807) is 6.33 Å². The highest BCUT2D eigenvalue weighted by Crippen LogP contribution is 2.51. The Hall–Kier alpha value is -1.29. The van der Waals surface area contributed by atoms with Gasteiger partial charge in [-0.15, -0.1) is 45.9 Å². The topological polar surface area (TPSA) is 67.1 Å². The molecule has 2 aromatic rings. The van der Waals surface area contributed by atoms with Crippen LogP contribution in [0.4, 0.5) is 0 Å². The molecule has 2 N–H and O–H groups in total. The Balaban J connectivity index is 0.00000261. The summed E-state index contributed by atoms with van der Waals surface area (Å²) in [4.78, 5) is 6.17. The van der Waals surface area contributed by atoms with Crippen LogP contribution in [0.2, 0.25) is 0 Å². The molecule has 1 aliphatic carbocycles. The zero-order chi connectivity index (χ0) is 18.2. The summed E-state index contributed by atoms with van der Waals surface area (Å²) in [5.74, 6) is 1.91. The molecule has 1 saturated carbocycles. The lowest BCUT2D eigenvalue weighted by atomic mass is 10.4. The molecule has 0 spiro atoms. The average Bonchev–Trinajstić information content (AvgIpc) is 3.27. The van der Waals surface area contributed by atoms with Crippen LogP contribution in [0, 0.1) is 0 Å². The maximum Gasteiger partial charge on any atom is 0.191 e. The fourth-order valence-corrected chi connectivity index (χ4v) is 4.00. The van der Waals surface area contributed by atoms with Crippen molar-refractivity contribution in [2.24, 2.45) is 4.99 Å². The number of aryl methyl sites for hydroxylation is 1. The number of benzene rings is 1. The van der Waals surface area contributed by atoms with E-state index in [9.17, 15) is 0 Å². The minimum Gasteiger partial charge on any atom is -0.357 e. The molecule has 27 heavy (non-hydrogen) atoms. The molecular formula is C19H29IN6S. The van der Waals surface area contributed by atoms with Gasteiger partial charge in [0.25, 0.3) is 0 Å². The van der Waals surface area contributed by atoms with Crippen molar-refractivity contribution in [3.8, 4) is 0 Å². The van der Waals surface area contributed by atoms with Crippen molar-refractivity contribution < 1.29 is 0 Å². The van der Waals surface area contributed by atoms with Crippen LogP contribution in [0.25, 0.3) is 0 Å². The highest BCUT2D eigenvalue weighted by atomic mass is 127. The molecule has 1 aromatic heterocycles. The van der Waals surface area contributed by atoms with Crippen LogP contribution < -0.4 is 10.6 Å². The maximum absolute atomic E-state index is 4.84. The van der Waals surface area contributed by atoms with Gasteiger partial charge in [0.15, 0.2) is 5.96 Å². The molecular weight excluding hydrogens is 471 g/mol. The van der Waals surface area contributed by atoms with Gasteiger partial charge >= 0.3 is 0 Å². The number of guanidine groups is 1. The summed E-state index contributed by atoms with van der Waals surface area (Å²) in [6.07, 6.45) is 5.15. The summed E-state index contributed by atoms with van der Waals surface area (Å²) >= 11 is 1.96. The predicted octanol–water partition coefficient (Wildman–Crippen LogP) is 3.34. The second-order valence-electron chi connectivity index (χ2n) is 6.51. The summed E-state index contributed by atoms with van der Waals surface area (Å²) in [7, 11) is 0. The fraction of sp³-hybridized carbons (Fsp3) is 0.526. The summed E-state index contributed by atoms with van der Waals surface area (Å²) < 4.78 is 2.36. The molecule has 6 nitrogen and oxygen atoms in total. The van der Waals surface area contributed by atoms with Crippen LogP contribution in [-0.4, -0.2) is 45.1 Å². The van der Waals surface area contributed by atoms with Crippen LogP contribution in [0.5, 0.6) is 0 Å². The van der Waals surface area contributed by atoms with Crippen LogP contribution in [-0.2, 0) is 13.0 Å². The summed E-state index contributed by atoms with van der Waals surface area (Å²) in [6.45, 7) is 7.53. The molecule has 0 saturated heterocycles. The second kappa shape index (κ2) is 10.9. The lowest BCUT2D eigenvalue weighted by molar-refractivity contribution is 0.632. The Labute approximate surface area is 183 Å². The third-order valence-electron chi connectivity index (χ3n) is 4.41.